The number of carbonyl (C=O) groups excluding carboxylic acids is 2. The van der Waals surface area contributed by atoms with Crippen molar-refractivity contribution in [2.75, 3.05) is 26.2 Å². The summed E-state index contributed by atoms with van der Waals surface area (Å²) >= 11 is 0. The van der Waals surface area contributed by atoms with Gasteiger partial charge in [-0.25, -0.2) is 4.39 Å². The maximum atomic E-state index is 14.1. The first-order valence-electron chi connectivity index (χ1n) is 11.7. The minimum absolute atomic E-state index is 0.0332. The largest absolute Gasteiger partial charge is 0.367 e. The molecule has 0 spiro atoms. The van der Waals surface area contributed by atoms with E-state index in [0.29, 0.717) is 32.5 Å². The van der Waals surface area contributed by atoms with Gasteiger partial charge in [0.1, 0.15) is 11.5 Å². The summed E-state index contributed by atoms with van der Waals surface area (Å²) in [7, 11) is 0. The molecule has 1 amide bonds. The van der Waals surface area contributed by atoms with Crippen LogP contribution < -0.4 is 5.32 Å². The molecule has 31 heavy (non-hydrogen) atoms. The molecule has 3 heterocycles. The van der Waals surface area contributed by atoms with E-state index in [9.17, 15) is 14.0 Å². The highest BCUT2D eigenvalue weighted by Crippen LogP contribution is 2.35. The zero-order valence-electron chi connectivity index (χ0n) is 19.0. The van der Waals surface area contributed by atoms with Gasteiger partial charge in [0, 0.05) is 37.4 Å². The highest BCUT2D eigenvalue weighted by Gasteiger charge is 2.34. The van der Waals surface area contributed by atoms with Crippen molar-refractivity contribution < 1.29 is 14.0 Å². The van der Waals surface area contributed by atoms with Crippen molar-refractivity contribution in [1.29, 1.82) is 0 Å². The van der Waals surface area contributed by atoms with Crippen molar-refractivity contribution in [2.24, 2.45) is 0 Å². The SMILES string of the molecule is CCC1=C(C(C)=O)CCC(N2CCCC3=C2NCC(C(=O)N2CCC(C)(F)CC2)=C3)=C1. The molecule has 3 aliphatic heterocycles. The average Bonchev–Trinajstić information content (AvgIpc) is 2.77. The molecule has 1 aliphatic carbocycles. The highest BCUT2D eigenvalue weighted by molar-refractivity contribution is 5.95. The molecule has 0 saturated carbocycles. The maximum absolute atomic E-state index is 14.1. The van der Waals surface area contributed by atoms with E-state index in [4.69, 9.17) is 0 Å². The summed E-state index contributed by atoms with van der Waals surface area (Å²) < 4.78 is 14.1. The van der Waals surface area contributed by atoms with Crippen molar-refractivity contribution in [1.82, 2.24) is 15.1 Å². The number of hydrogen-bond acceptors (Lipinski definition) is 4. The van der Waals surface area contributed by atoms with E-state index in [-0.39, 0.29) is 11.7 Å². The van der Waals surface area contributed by atoms with Crippen molar-refractivity contribution in [3.63, 3.8) is 0 Å². The van der Waals surface area contributed by atoms with E-state index in [0.717, 1.165) is 61.2 Å². The monoisotopic (exact) mass is 427 g/mol. The molecule has 4 rings (SSSR count). The Bertz CT molecular complexity index is 900. The molecule has 1 saturated heterocycles. The Labute approximate surface area is 184 Å². The molecule has 1 fully saturated rings. The molecule has 6 heteroatoms. The molecular weight excluding hydrogens is 393 g/mol. The highest BCUT2D eigenvalue weighted by atomic mass is 19.1. The lowest BCUT2D eigenvalue weighted by Crippen LogP contribution is -2.46. The van der Waals surface area contributed by atoms with Crippen molar-refractivity contribution in [3.05, 3.63) is 46.0 Å². The van der Waals surface area contributed by atoms with Gasteiger partial charge in [0.25, 0.3) is 5.91 Å². The molecule has 0 radical (unpaired) electrons. The lowest BCUT2D eigenvalue weighted by Gasteiger charge is -2.39. The van der Waals surface area contributed by atoms with Gasteiger partial charge in [0.2, 0.25) is 0 Å². The van der Waals surface area contributed by atoms with Gasteiger partial charge in [-0.3, -0.25) is 9.59 Å². The zero-order valence-corrected chi connectivity index (χ0v) is 19.0. The minimum Gasteiger partial charge on any atom is -0.367 e. The van der Waals surface area contributed by atoms with Crippen LogP contribution in [0.4, 0.5) is 4.39 Å². The van der Waals surface area contributed by atoms with Crippen molar-refractivity contribution in [3.8, 4) is 0 Å². The predicted octanol–water partition coefficient (Wildman–Crippen LogP) is 4.15. The fourth-order valence-corrected chi connectivity index (χ4v) is 5.13. The summed E-state index contributed by atoms with van der Waals surface area (Å²) in [6.07, 6.45) is 9.57. The van der Waals surface area contributed by atoms with Gasteiger partial charge < -0.3 is 15.1 Å². The summed E-state index contributed by atoms with van der Waals surface area (Å²) in [5.74, 6) is 1.31. The number of ketones is 1. The molecule has 5 nitrogen and oxygen atoms in total. The number of Topliss-reactive ketones (excluding diaryl/α,β-unsaturated/α-hetero) is 1. The predicted molar refractivity (Wildman–Crippen MR) is 120 cm³/mol. The summed E-state index contributed by atoms with van der Waals surface area (Å²) in [5, 5.41) is 3.51. The van der Waals surface area contributed by atoms with Crippen molar-refractivity contribution >= 4 is 11.7 Å². The smallest absolute Gasteiger partial charge is 0.251 e. The molecule has 0 aromatic rings. The lowest BCUT2D eigenvalue weighted by atomic mass is 9.90. The quantitative estimate of drug-likeness (QED) is 0.732. The van der Waals surface area contributed by atoms with E-state index in [1.165, 1.54) is 11.3 Å². The number of nitrogens with one attached hydrogen (secondary N) is 1. The number of carbonyl (C=O) groups is 2. The second-order valence-corrected chi connectivity index (χ2v) is 9.41. The molecule has 0 unspecified atom stereocenters. The van der Waals surface area contributed by atoms with Gasteiger partial charge >= 0.3 is 0 Å². The van der Waals surface area contributed by atoms with Crippen LogP contribution in [0.25, 0.3) is 0 Å². The van der Waals surface area contributed by atoms with Crippen molar-refractivity contribution in [2.45, 2.75) is 71.4 Å². The van der Waals surface area contributed by atoms with E-state index >= 15 is 0 Å². The third-order valence-electron chi connectivity index (χ3n) is 7.08. The number of nitrogens with zero attached hydrogens (tertiary/aromatic N) is 2. The van der Waals surface area contributed by atoms with Crippen LogP contribution >= 0.6 is 0 Å². The van der Waals surface area contributed by atoms with Gasteiger partial charge in [0.05, 0.1) is 0 Å². The Balaban J connectivity index is 1.55. The standard InChI is InChI=1S/C25H34FN3O2/c1-4-18-15-21(7-8-22(18)17(2)30)29-11-5-6-19-14-20(16-27-23(19)29)24(31)28-12-9-25(3,26)10-13-28/h14-15,27H,4-13,16H2,1-3H3. The lowest BCUT2D eigenvalue weighted by molar-refractivity contribution is -0.129. The van der Waals surface area contributed by atoms with Crippen LogP contribution in [0.1, 0.15) is 65.7 Å². The Morgan fingerprint density at radius 1 is 1.13 bits per heavy atom. The first-order chi connectivity index (χ1) is 14.8. The first kappa shape index (κ1) is 21.8. The number of rotatable bonds is 4. The zero-order chi connectivity index (χ0) is 22.2. The van der Waals surface area contributed by atoms with Gasteiger partial charge in [-0.1, -0.05) is 6.92 Å². The fourth-order valence-electron chi connectivity index (χ4n) is 5.13. The van der Waals surface area contributed by atoms with Gasteiger partial charge in [-0.05, 0) is 87.7 Å². The number of alkyl halides is 1. The number of likely N-dealkylation sites (tertiary alicyclic amines) is 1. The van der Waals surface area contributed by atoms with E-state index < -0.39 is 5.67 Å². The molecule has 0 aromatic carbocycles. The number of allylic oxidation sites excluding steroid dienone is 6. The topological polar surface area (TPSA) is 52.7 Å². The number of dihydropyridines is 1. The number of hydrogen-bond donors (Lipinski definition) is 1. The summed E-state index contributed by atoms with van der Waals surface area (Å²) in [4.78, 5) is 29.1. The van der Waals surface area contributed by atoms with Crippen LogP contribution in [0.3, 0.4) is 0 Å². The number of amides is 1. The third-order valence-corrected chi connectivity index (χ3v) is 7.08. The van der Waals surface area contributed by atoms with Crippen LogP contribution in [0.2, 0.25) is 0 Å². The Morgan fingerprint density at radius 2 is 1.87 bits per heavy atom. The van der Waals surface area contributed by atoms with Gasteiger partial charge in [-0.15, -0.1) is 0 Å². The van der Waals surface area contributed by atoms with Gasteiger partial charge in [-0.2, -0.15) is 0 Å². The Morgan fingerprint density at radius 3 is 2.55 bits per heavy atom. The van der Waals surface area contributed by atoms with E-state index in [1.807, 2.05) is 0 Å². The summed E-state index contributed by atoms with van der Waals surface area (Å²) in [6.45, 7) is 7.81. The summed E-state index contributed by atoms with van der Waals surface area (Å²) in [5.41, 5.74) is 4.16. The molecule has 0 aromatic heterocycles. The molecule has 4 aliphatic rings. The number of halogens is 1. The van der Waals surface area contributed by atoms with Crippen LogP contribution in [0.15, 0.2) is 46.0 Å². The van der Waals surface area contributed by atoms with Crippen LogP contribution in [0.5, 0.6) is 0 Å². The first-order valence-corrected chi connectivity index (χ1v) is 11.7. The summed E-state index contributed by atoms with van der Waals surface area (Å²) in [6, 6.07) is 0. The van der Waals surface area contributed by atoms with Gasteiger partial charge in [0.15, 0.2) is 5.78 Å². The minimum atomic E-state index is -1.16. The molecule has 0 bridgehead atoms. The maximum Gasteiger partial charge on any atom is 0.251 e. The Kier molecular flexibility index (Phi) is 6.09. The number of piperidine rings is 1. The Hall–Kier alpha value is -2.37. The second kappa shape index (κ2) is 8.64. The average molecular weight is 428 g/mol. The normalized spacial score (nSPS) is 23.7. The molecule has 168 valence electrons. The van der Waals surface area contributed by atoms with Crippen LogP contribution in [-0.2, 0) is 9.59 Å². The second-order valence-electron chi connectivity index (χ2n) is 9.41. The van der Waals surface area contributed by atoms with Crippen LogP contribution in [-0.4, -0.2) is 53.3 Å². The van der Waals surface area contributed by atoms with E-state index in [2.05, 4.69) is 29.3 Å². The fraction of sp³-hybridized carbons (Fsp3) is 0.600. The third kappa shape index (κ3) is 4.48. The molecule has 1 N–H and O–H groups in total. The van der Waals surface area contributed by atoms with Crippen LogP contribution in [0, 0.1) is 0 Å². The molecular formula is C25H34FN3O2. The molecule has 0 atom stereocenters. The van der Waals surface area contributed by atoms with E-state index in [1.54, 1.807) is 18.7 Å².